The zero-order valence-corrected chi connectivity index (χ0v) is 7.98. The van der Waals surface area contributed by atoms with Crippen LogP contribution in [0.1, 0.15) is 21.5 Å². The van der Waals surface area contributed by atoms with Crippen LogP contribution in [0.3, 0.4) is 0 Å². The molecule has 0 bridgehead atoms. The molecule has 1 aromatic rings. The first-order valence-corrected chi connectivity index (χ1v) is 4.57. The molecule has 1 aliphatic rings. The predicted octanol–water partition coefficient (Wildman–Crippen LogP) is -0.461. The van der Waals surface area contributed by atoms with Gasteiger partial charge in [0, 0.05) is 12.1 Å². The van der Waals surface area contributed by atoms with Crippen LogP contribution >= 0.6 is 0 Å². The maximum Gasteiger partial charge on any atom is 0.251 e. The molecule has 1 amide bonds. The molecule has 2 rings (SSSR count). The number of amides is 1. The van der Waals surface area contributed by atoms with Crippen molar-refractivity contribution in [2.24, 2.45) is 0 Å². The van der Waals surface area contributed by atoms with Gasteiger partial charge in [0.15, 0.2) is 0 Å². The second-order valence-electron chi connectivity index (χ2n) is 3.54. The summed E-state index contributed by atoms with van der Waals surface area (Å²) >= 11 is 0. The van der Waals surface area contributed by atoms with Gasteiger partial charge in [0.25, 0.3) is 5.91 Å². The fourth-order valence-electron chi connectivity index (χ4n) is 1.81. The van der Waals surface area contributed by atoms with Gasteiger partial charge in [-0.2, -0.15) is 0 Å². The average molecular weight is 173 g/mol. The third-order valence-corrected chi connectivity index (χ3v) is 2.77. The highest BCUT2D eigenvalue weighted by atomic mass is 16.1. The van der Waals surface area contributed by atoms with Gasteiger partial charge in [-0.25, -0.2) is 0 Å². The Morgan fingerprint density at radius 1 is 1.46 bits per heavy atom. The van der Waals surface area contributed by atoms with E-state index < -0.39 is 0 Å². The molecule has 0 atom stereocenters. The number of hydrogen-bond donors (Lipinski definition) is 1. The average Bonchev–Trinajstić information content (AvgIpc) is 2.12. The summed E-state index contributed by atoms with van der Waals surface area (Å²) in [4.78, 5) is 11.4. The second-order valence-corrected chi connectivity index (χ2v) is 3.54. The minimum Gasteiger partial charge on any atom is -0.352 e. The summed E-state index contributed by atoms with van der Waals surface area (Å²) < 4.78 is 0. The van der Waals surface area contributed by atoms with Crippen molar-refractivity contribution in [3.8, 4) is 0 Å². The SMILES string of the molecule is Bc1c(C)ccc2c1CCNC2=O. The largest absolute Gasteiger partial charge is 0.352 e. The van der Waals surface area contributed by atoms with Crippen LogP contribution < -0.4 is 10.8 Å². The van der Waals surface area contributed by atoms with E-state index in [0.29, 0.717) is 0 Å². The molecule has 0 saturated carbocycles. The summed E-state index contributed by atoms with van der Waals surface area (Å²) in [5.74, 6) is 0.0735. The molecular formula is C10H12BNO. The van der Waals surface area contributed by atoms with Crippen LogP contribution in [0.15, 0.2) is 12.1 Å². The van der Waals surface area contributed by atoms with Crippen molar-refractivity contribution in [2.45, 2.75) is 13.3 Å². The third-order valence-electron chi connectivity index (χ3n) is 2.77. The summed E-state index contributed by atoms with van der Waals surface area (Å²) in [5.41, 5.74) is 4.62. The van der Waals surface area contributed by atoms with E-state index in [4.69, 9.17) is 0 Å². The number of carbonyl (C=O) groups excluding carboxylic acids is 1. The van der Waals surface area contributed by atoms with Crippen LogP contribution in [0.25, 0.3) is 0 Å². The van der Waals surface area contributed by atoms with Crippen LogP contribution in [-0.4, -0.2) is 20.3 Å². The van der Waals surface area contributed by atoms with E-state index in [0.717, 1.165) is 18.5 Å². The van der Waals surface area contributed by atoms with E-state index in [2.05, 4.69) is 20.1 Å². The molecule has 13 heavy (non-hydrogen) atoms. The number of aryl methyl sites for hydroxylation is 1. The van der Waals surface area contributed by atoms with Crippen LogP contribution in [0.4, 0.5) is 0 Å². The number of fused-ring (bicyclic) bond motifs is 1. The molecule has 1 heterocycles. The minimum absolute atomic E-state index is 0.0735. The smallest absolute Gasteiger partial charge is 0.251 e. The van der Waals surface area contributed by atoms with E-state index in [1.165, 1.54) is 16.6 Å². The first kappa shape index (κ1) is 8.36. The van der Waals surface area contributed by atoms with Gasteiger partial charge >= 0.3 is 0 Å². The fourth-order valence-corrected chi connectivity index (χ4v) is 1.81. The minimum atomic E-state index is 0.0735. The summed E-state index contributed by atoms with van der Waals surface area (Å²) in [5, 5.41) is 2.85. The Labute approximate surface area is 78.7 Å². The Balaban J connectivity index is 2.63. The van der Waals surface area contributed by atoms with Crippen molar-refractivity contribution < 1.29 is 4.79 Å². The lowest BCUT2D eigenvalue weighted by molar-refractivity contribution is 0.0946. The number of carbonyl (C=O) groups is 1. The van der Waals surface area contributed by atoms with E-state index >= 15 is 0 Å². The topological polar surface area (TPSA) is 29.1 Å². The maximum absolute atomic E-state index is 11.4. The fraction of sp³-hybridized carbons (Fsp3) is 0.300. The number of hydrogen-bond acceptors (Lipinski definition) is 1. The van der Waals surface area contributed by atoms with Crippen LogP contribution in [-0.2, 0) is 6.42 Å². The molecule has 66 valence electrons. The number of rotatable bonds is 0. The maximum atomic E-state index is 11.4. The lowest BCUT2D eigenvalue weighted by atomic mass is 9.81. The van der Waals surface area contributed by atoms with E-state index in [1.54, 1.807) is 0 Å². The lowest BCUT2D eigenvalue weighted by Crippen LogP contribution is -2.35. The van der Waals surface area contributed by atoms with Crippen molar-refractivity contribution in [1.29, 1.82) is 0 Å². The lowest BCUT2D eigenvalue weighted by Gasteiger charge is -2.19. The van der Waals surface area contributed by atoms with Gasteiger partial charge in [0.1, 0.15) is 7.85 Å². The molecule has 1 N–H and O–H groups in total. The molecular weight excluding hydrogens is 161 g/mol. The summed E-state index contributed by atoms with van der Waals surface area (Å²) in [7, 11) is 2.09. The highest BCUT2D eigenvalue weighted by Crippen LogP contribution is 2.12. The quantitative estimate of drug-likeness (QED) is 0.528. The van der Waals surface area contributed by atoms with Crippen LogP contribution in [0, 0.1) is 6.92 Å². The molecule has 0 spiro atoms. The van der Waals surface area contributed by atoms with Crippen molar-refractivity contribution in [3.05, 3.63) is 28.8 Å². The Morgan fingerprint density at radius 2 is 2.23 bits per heavy atom. The number of nitrogens with one attached hydrogen (secondary N) is 1. The van der Waals surface area contributed by atoms with Crippen molar-refractivity contribution >= 4 is 19.2 Å². The Bertz CT molecular complexity index is 373. The molecule has 0 aromatic heterocycles. The summed E-state index contributed by atoms with van der Waals surface area (Å²) in [6.07, 6.45) is 0.967. The molecule has 0 fully saturated rings. The summed E-state index contributed by atoms with van der Waals surface area (Å²) in [6.45, 7) is 2.86. The van der Waals surface area contributed by atoms with Crippen LogP contribution in [0.2, 0.25) is 0 Å². The highest BCUT2D eigenvalue weighted by Gasteiger charge is 2.17. The first-order valence-electron chi connectivity index (χ1n) is 4.57. The van der Waals surface area contributed by atoms with Gasteiger partial charge in [0.2, 0.25) is 0 Å². The van der Waals surface area contributed by atoms with Gasteiger partial charge in [-0.3, -0.25) is 4.79 Å². The van der Waals surface area contributed by atoms with Crippen molar-refractivity contribution in [3.63, 3.8) is 0 Å². The standard InChI is InChI=1S/C10H12BNO/c1-6-2-3-8-7(9(6)11)4-5-12-10(8)13/h2-3H,4-5,11H2,1H3,(H,12,13). The normalized spacial score (nSPS) is 15.0. The van der Waals surface area contributed by atoms with Gasteiger partial charge < -0.3 is 5.32 Å². The highest BCUT2D eigenvalue weighted by molar-refractivity contribution is 6.35. The Kier molecular flexibility index (Phi) is 1.87. The van der Waals surface area contributed by atoms with Gasteiger partial charge in [0.05, 0.1) is 0 Å². The van der Waals surface area contributed by atoms with Gasteiger partial charge in [-0.15, -0.1) is 0 Å². The molecule has 0 aliphatic carbocycles. The molecule has 0 saturated heterocycles. The zero-order valence-electron chi connectivity index (χ0n) is 7.98. The number of benzene rings is 1. The van der Waals surface area contributed by atoms with Crippen molar-refractivity contribution in [1.82, 2.24) is 5.32 Å². The molecule has 1 aromatic carbocycles. The zero-order chi connectivity index (χ0) is 9.42. The molecule has 0 radical (unpaired) electrons. The Hall–Kier alpha value is -1.25. The Morgan fingerprint density at radius 3 is 3.00 bits per heavy atom. The molecule has 3 heteroatoms. The molecule has 2 nitrogen and oxygen atoms in total. The van der Waals surface area contributed by atoms with E-state index in [-0.39, 0.29) is 5.91 Å². The summed E-state index contributed by atoms with van der Waals surface area (Å²) in [6, 6.07) is 3.94. The van der Waals surface area contributed by atoms with E-state index in [1.807, 2.05) is 12.1 Å². The third kappa shape index (κ3) is 1.24. The monoisotopic (exact) mass is 173 g/mol. The molecule has 0 unspecified atom stereocenters. The predicted molar refractivity (Wildman–Crippen MR) is 55.4 cm³/mol. The first-order chi connectivity index (χ1) is 6.20. The van der Waals surface area contributed by atoms with Crippen LogP contribution in [0.5, 0.6) is 0 Å². The second kappa shape index (κ2) is 2.91. The molecule has 1 aliphatic heterocycles. The van der Waals surface area contributed by atoms with Gasteiger partial charge in [-0.1, -0.05) is 17.1 Å². The van der Waals surface area contributed by atoms with E-state index in [9.17, 15) is 4.79 Å². The van der Waals surface area contributed by atoms with Crippen molar-refractivity contribution in [2.75, 3.05) is 6.54 Å². The van der Waals surface area contributed by atoms with Gasteiger partial charge in [-0.05, 0) is 25.0 Å².